The monoisotopic (exact) mass is 305 g/mol. The normalized spacial score (nSPS) is 10.4. The first kappa shape index (κ1) is 14.8. The Morgan fingerprint density at radius 2 is 1.26 bits per heavy atom. The Bertz CT molecular complexity index is 717. The van der Waals surface area contributed by atoms with Gasteiger partial charge in [0.05, 0.1) is 0 Å². The molecule has 5 nitrogen and oxygen atoms in total. The van der Waals surface area contributed by atoms with E-state index < -0.39 is 0 Å². The Balaban J connectivity index is 1.94. The zero-order valence-electron chi connectivity index (χ0n) is 12.8. The van der Waals surface area contributed by atoms with Gasteiger partial charge in [-0.15, -0.1) is 0 Å². The van der Waals surface area contributed by atoms with Crippen molar-refractivity contribution in [3.8, 4) is 0 Å². The summed E-state index contributed by atoms with van der Waals surface area (Å²) in [4.78, 5) is 10.4. The van der Waals surface area contributed by atoms with Gasteiger partial charge in [-0.3, -0.25) is 0 Å². The molecule has 0 aliphatic carbocycles. The van der Waals surface area contributed by atoms with E-state index in [1.807, 2.05) is 36.4 Å². The molecular formula is C18H19N5. The molecule has 0 fully saturated rings. The average molecular weight is 305 g/mol. The largest absolute Gasteiger partial charge is 0.393 e. The molecule has 0 radical (unpaired) electrons. The third kappa shape index (κ3) is 3.58. The van der Waals surface area contributed by atoms with Crippen LogP contribution in [0, 0.1) is 0 Å². The summed E-state index contributed by atoms with van der Waals surface area (Å²) in [6.45, 7) is 1.38. The van der Waals surface area contributed by atoms with Gasteiger partial charge in [-0.25, -0.2) is 9.97 Å². The van der Waals surface area contributed by atoms with Crippen molar-refractivity contribution >= 4 is 17.3 Å². The molecule has 5 heteroatoms. The summed E-state index contributed by atoms with van der Waals surface area (Å²) in [5.41, 5.74) is 14.7. The molecule has 0 saturated heterocycles. The molecule has 0 aliphatic heterocycles. The molecule has 1 aromatic heterocycles. The quantitative estimate of drug-likeness (QED) is 0.757. The molecule has 0 saturated carbocycles. The van der Waals surface area contributed by atoms with Crippen molar-refractivity contribution in [1.29, 1.82) is 0 Å². The maximum Gasteiger partial charge on any atom is 0.158 e. The van der Waals surface area contributed by atoms with E-state index in [1.54, 1.807) is 0 Å². The van der Waals surface area contributed by atoms with Gasteiger partial charge >= 0.3 is 0 Å². The van der Waals surface area contributed by atoms with Gasteiger partial charge in [0.1, 0.15) is 12.0 Å². The molecule has 0 aliphatic rings. The number of nitrogens with zero attached hydrogens (tertiary/aromatic N) is 3. The summed E-state index contributed by atoms with van der Waals surface area (Å²) in [7, 11) is 0. The van der Waals surface area contributed by atoms with Gasteiger partial charge in [0.2, 0.25) is 0 Å². The molecule has 4 N–H and O–H groups in total. The molecule has 2 aromatic carbocycles. The van der Waals surface area contributed by atoms with Crippen LogP contribution in [0.4, 0.5) is 17.3 Å². The van der Waals surface area contributed by atoms with E-state index in [2.05, 4.69) is 39.1 Å². The number of benzene rings is 2. The fraction of sp³-hybridized carbons (Fsp3) is 0.111. The van der Waals surface area contributed by atoms with Crippen molar-refractivity contribution in [2.75, 3.05) is 16.4 Å². The van der Waals surface area contributed by atoms with Gasteiger partial charge in [0.25, 0.3) is 0 Å². The van der Waals surface area contributed by atoms with Crippen LogP contribution < -0.4 is 16.4 Å². The minimum atomic E-state index is 0.307. The molecule has 1 heterocycles. The van der Waals surface area contributed by atoms with Gasteiger partial charge in [0, 0.05) is 13.1 Å². The van der Waals surface area contributed by atoms with Crippen LogP contribution >= 0.6 is 0 Å². The van der Waals surface area contributed by atoms with E-state index >= 15 is 0 Å². The number of hydrogen-bond donors (Lipinski definition) is 2. The Morgan fingerprint density at radius 1 is 0.739 bits per heavy atom. The minimum Gasteiger partial charge on any atom is -0.393 e. The Hall–Kier alpha value is -3.08. The van der Waals surface area contributed by atoms with E-state index in [4.69, 9.17) is 11.5 Å². The highest BCUT2D eigenvalue weighted by Crippen LogP contribution is 2.26. The van der Waals surface area contributed by atoms with E-state index in [1.165, 1.54) is 17.5 Å². The molecule has 3 aromatic rings. The highest BCUT2D eigenvalue weighted by atomic mass is 15.2. The SMILES string of the molecule is Nc1ncnc(N(Cc2ccccc2)Cc2ccccc2)c1N. The summed E-state index contributed by atoms with van der Waals surface area (Å²) >= 11 is 0. The molecule has 0 atom stereocenters. The summed E-state index contributed by atoms with van der Waals surface area (Å²) in [5, 5.41) is 0. The van der Waals surface area contributed by atoms with Crippen LogP contribution in [-0.4, -0.2) is 9.97 Å². The first-order valence-corrected chi connectivity index (χ1v) is 7.43. The molecule has 0 spiro atoms. The molecule has 0 bridgehead atoms. The predicted octanol–water partition coefficient (Wildman–Crippen LogP) is 2.85. The van der Waals surface area contributed by atoms with Crippen molar-refractivity contribution in [2.45, 2.75) is 13.1 Å². The van der Waals surface area contributed by atoms with Gasteiger partial charge in [-0.1, -0.05) is 60.7 Å². The third-order valence-corrected chi connectivity index (χ3v) is 3.63. The molecule has 3 rings (SSSR count). The third-order valence-electron chi connectivity index (χ3n) is 3.63. The van der Waals surface area contributed by atoms with Crippen molar-refractivity contribution in [3.63, 3.8) is 0 Å². The van der Waals surface area contributed by atoms with Crippen LogP contribution in [0.1, 0.15) is 11.1 Å². The maximum absolute atomic E-state index is 6.10. The van der Waals surface area contributed by atoms with Crippen LogP contribution in [0.2, 0.25) is 0 Å². The number of anilines is 3. The molecule has 0 unspecified atom stereocenters. The lowest BCUT2D eigenvalue weighted by atomic mass is 10.1. The van der Waals surface area contributed by atoms with Gasteiger partial charge in [-0.2, -0.15) is 0 Å². The molecule has 116 valence electrons. The lowest BCUT2D eigenvalue weighted by molar-refractivity contribution is 0.783. The van der Waals surface area contributed by atoms with E-state index in [0.717, 1.165) is 0 Å². The fourth-order valence-corrected chi connectivity index (χ4v) is 2.46. The minimum absolute atomic E-state index is 0.307. The highest BCUT2D eigenvalue weighted by Gasteiger charge is 2.15. The Morgan fingerprint density at radius 3 is 1.78 bits per heavy atom. The molecule has 23 heavy (non-hydrogen) atoms. The zero-order valence-corrected chi connectivity index (χ0v) is 12.8. The van der Waals surface area contributed by atoms with Crippen LogP contribution in [0.15, 0.2) is 67.0 Å². The number of hydrogen-bond acceptors (Lipinski definition) is 5. The molecular weight excluding hydrogens is 286 g/mol. The Labute approximate surface area is 135 Å². The lowest BCUT2D eigenvalue weighted by Crippen LogP contribution is -2.24. The van der Waals surface area contributed by atoms with E-state index in [-0.39, 0.29) is 0 Å². The van der Waals surface area contributed by atoms with Crippen molar-refractivity contribution in [3.05, 3.63) is 78.1 Å². The second-order valence-corrected chi connectivity index (χ2v) is 5.32. The summed E-state index contributed by atoms with van der Waals surface area (Å²) in [6.07, 6.45) is 1.45. The van der Waals surface area contributed by atoms with Crippen LogP contribution in [0.25, 0.3) is 0 Å². The van der Waals surface area contributed by atoms with Gasteiger partial charge < -0.3 is 16.4 Å². The standard InChI is InChI=1S/C18H19N5/c19-16-17(20)21-13-22-18(16)23(11-14-7-3-1-4-8-14)12-15-9-5-2-6-10-15/h1-10,13H,11-12,19H2,(H2,20,21,22). The fourth-order valence-electron chi connectivity index (χ4n) is 2.46. The second-order valence-electron chi connectivity index (χ2n) is 5.32. The first-order valence-electron chi connectivity index (χ1n) is 7.43. The average Bonchev–Trinajstić information content (AvgIpc) is 2.59. The predicted molar refractivity (Wildman–Crippen MR) is 93.6 cm³/mol. The smallest absolute Gasteiger partial charge is 0.158 e. The number of nitrogen functional groups attached to an aromatic ring is 2. The first-order chi connectivity index (χ1) is 11.2. The zero-order chi connectivity index (χ0) is 16.1. The van der Waals surface area contributed by atoms with E-state index in [9.17, 15) is 0 Å². The van der Waals surface area contributed by atoms with Crippen molar-refractivity contribution in [1.82, 2.24) is 9.97 Å². The van der Waals surface area contributed by atoms with Crippen LogP contribution in [0.3, 0.4) is 0 Å². The second kappa shape index (κ2) is 6.79. The topological polar surface area (TPSA) is 81.1 Å². The van der Waals surface area contributed by atoms with Crippen LogP contribution in [-0.2, 0) is 13.1 Å². The van der Waals surface area contributed by atoms with Crippen molar-refractivity contribution in [2.24, 2.45) is 0 Å². The van der Waals surface area contributed by atoms with Crippen LogP contribution in [0.5, 0.6) is 0 Å². The summed E-state index contributed by atoms with van der Waals surface area (Å²) in [6, 6.07) is 20.4. The van der Waals surface area contributed by atoms with Gasteiger partial charge in [-0.05, 0) is 11.1 Å². The summed E-state index contributed by atoms with van der Waals surface area (Å²) in [5.74, 6) is 0.964. The lowest BCUT2D eigenvalue weighted by Gasteiger charge is -2.25. The van der Waals surface area contributed by atoms with E-state index in [0.29, 0.717) is 30.4 Å². The number of rotatable bonds is 5. The number of nitrogens with two attached hydrogens (primary N) is 2. The van der Waals surface area contributed by atoms with Gasteiger partial charge in [0.15, 0.2) is 11.6 Å². The molecule has 0 amide bonds. The Kier molecular flexibility index (Phi) is 4.38. The highest BCUT2D eigenvalue weighted by molar-refractivity contribution is 5.73. The maximum atomic E-state index is 6.10. The summed E-state index contributed by atoms with van der Waals surface area (Å²) < 4.78 is 0. The number of aromatic nitrogens is 2. The van der Waals surface area contributed by atoms with Crippen molar-refractivity contribution < 1.29 is 0 Å².